The van der Waals surface area contributed by atoms with Crippen molar-refractivity contribution in [1.29, 1.82) is 5.41 Å². The lowest BCUT2D eigenvalue weighted by Gasteiger charge is -2.21. The summed E-state index contributed by atoms with van der Waals surface area (Å²) in [5.41, 5.74) is 5.37. The molecule has 0 spiro atoms. The maximum Gasteiger partial charge on any atom is 0.0918 e. The molecule has 3 N–H and O–H groups in total. The highest BCUT2D eigenvalue weighted by atomic mass is 32.2. The number of nitrogens with one attached hydrogen (secondary N) is 1. The van der Waals surface area contributed by atoms with Crippen LogP contribution in [0.5, 0.6) is 0 Å². The fraction of sp³-hybridized carbons (Fsp3) is 0.900. The van der Waals surface area contributed by atoms with Crippen LogP contribution in [0.2, 0.25) is 0 Å². The molecule has 1 aliphatic carbocycles. The van der Waals surface area contributed by atoms with Gasteiger partial charge in [0.15, 0.2) is 0 Å². The van der Waals surface area contributed by atoms with Crippen molar-refractivity contribution in [3.8, 4) is 0 Å². The van der Waals surface area contributed by atoms with Gasteiger partial charge < -0.3 is 5.73 Å². The van der Waals surface area contributed by atoms with Crippen molar-refractivity contribution < 1.29 is 0 Å². The molecule has 1 fully saturated rings. The predicted molar refractivity (Wildman–Crippen MR) is 64.1 cm³/mol. The minimum Gasteiger partial charge on any atom is -0.388 e. The fourth-order valence-corrected chi connectivity index (χ4v) is 2.16. The van der Waals surface area contributed by atoms with E-state index in [0.29, 0.717) is 5.84 Å². The van der Waals surface area contributed by atoms with Crippen LogP contribution in [0.15, 0.2) is 0 Å². The van der Waals surface area contributed by atoms with E-state index in [-0.39, 0.29) is 0 Å². The molecule has 14 heavy (non-hydrogen) atoms. The van der Waals surface area contributed by atoms with Crippen molar-refractivity contribution in [3.63, 3.8) is 0 Å². The second kappa shape index (κ2) is 6.30. The second-order valence-corrected chi connectivity index (χ2v) is 5.13. The first-order valence-corrected chi connectivity index (χ1v) is 6.54. The van der Waals surface area contributed by atoms with Crippen LogP contribution in [0.4, 0.5) is 0 Å². The minimum atomic E-state index is 0.318. The summed E-state index contributed by atoms with van der Waals surface area (Å²) < 4.78 is 0. The molecular formula is C10H21N3S. The molecule has 0 saturated heterocycles. The first-order chi connectivity index (χ1) is 6.74. The van der Waals surface area contributed by atoms with E-state index >= 15 is 0 Å². The highest BCUT2D eigenvalue weighted by molar-refractivity contribution is 7.99. The zero-order valence-corrected chi connectivity index (χ0v) is 9.78. The molecule has 0 aromatic carbocycles. The van der Waals surface area contributed by atoms with Crippen LogP contribution in [0.25, 0.3) is 0 Å². The number of nitrogens with two attached hydrogens (primary N) is 1. The maximum atomic E-state index is 7.21. The lowest BCUT2D eigenvalue weighted by atomic mass is 10.3. The lowest BCUT2D eigenvalue weighted by molar-refractivity contribution is 0.288. The number of hydrogen-bond donors (Lipinski definition) is 2. The quantitative estimate of drug-likeness (QED) is 0.367. The number of amidine groups is 1. The van der Waals surface area contributed by atoms with E-state index in [1.807, 2.05) is 11.8 Å². The second-order valence-electron chi connectivity index (χ2n) is 3.74. The van der Waals surface area contributed by atoms with Crippen molar-refractivity contribution in [1.82, 2.24) is 4.90 Å². The van der Waals surface area contributed by atoms with Crippen molar-refractivity contribution in [3.05, 3.63) is 0 Å². The van der Waals surface area contributed by atoms with Crippen molar-refractivity contribution in [2.24, 2.45) is 5.73 Å². The van der Waals surface area contributed by atoms with Gasteiger partial charge in [0.1, 0.15) is 0 Å². The minimum absolute atomic E-state index is 0.318. The van der Waals surface area contributed by atoms with Crippen molar-refractivity contribution in [2.75, 3.05) is 24.6 Å². The molecule has 0 heterocycles. The molecule has 0 bridgehead atoms. The Kier molecular flexibility index (Phi) is 5.33. The molecule has 1 aliphatic rings. The summed E-state index contributed by atoms with van der Waals surface area (Å²) in [5.74, 6) is 2.73. The Hall–Kier alpha value is -0.220. The smallest absolute Gasteiger partial charge is 0.0918 e. The van der Waals surface area contributed by atoms with E-state index in [0.717, 1.165) is 25.6 Å². The van der Waals surface area contributed by atoms with Crippen LogP contribution in [0.1, 0.15) is 26.2 Å². The molecule has 1 rings (SSSR count). The lowest BCUT2D eigenvalue weighted by Crippen LogP contribution is -2.32. The number of thioether (sulfide) groups is 1. The summed E-state index contributed by atoms with van der Waals surface area (Å²) >= 11 is 1.99. The molecule has 0 aliphatic heterocycles. The molecule has 0 unspecified atom stereocenters. The largest absolute Gasteiger partial charge is 0.388 e. The van der Waals surface area contributed by atoms with Crippen LogP contribution < -0.4 is 5.73 Å². The monoisotopic (exact) mass is 215 g/mol. The van der Waals surface area contributed by atoms with Gasteiger partial charge in [0.2, 0.25) is 0 Å². The average Bonchev–Trinajstić information content (AvgIpc) is 2.94. The van der Waals surface area contributed by atoms with Gasteiger partial charge in [0, 0.05) is 31.3 Å². The summed E-state index contributed by atoms with van der Waals surface area (Å²) in [5, 5.41) is 7.21. The van der Waals surface area contributed by atoms with Crippen molar-refractivity contribution >= 4 is 17.6 Å². The summed E-state index contributed by atoms with van der Waals surface area (Å²) in [6, 6.07) is 0.798. The molecule has 0 aromatic heterocycles. The van der Waals surface area contributed by atoms with Gasteiger partial charge in [0.25, 0.3) is 0 Å². The van der Waals surface area contributed by atoms with Gasteiger partial charge in [-0.1, -0.05) is 6.92 Å². The Morgan fingerprint density at radius 2 is 2.21 bits per heavy atom. The van der Waals surface area contributed by atoms with Gasteiger partial charge >= 0.3 is 0 Å². The molecule has 0 aromatic rings. The SMILES string of the molecule is CCSCCN(CCC(=N)N)C1CC1. The Bertz CT molecular complexity index is 180. The summed E-state index contributed by atoms with van der Waals surface area (Å²) in [7, 11) is 0. The third kappa shape index (κ3) is 4.86. The Balaban J connectivity index is 2.14. The van der Waals surface area contributed by atoms with E-state index in [9.17, 15) is 0 Å². The number of rotatable bonds is 8. The third-order valence-corrected chi connectivity index (χ3v) is 3.34. The summed E-state index contributed by atoms with van der Waals surface area (Å²) in [4.78, 5) is 2.49. The van der Waals surface area contributed by atoms with Gasteiger partial charge in [-0.15, -0.1) is 0 Å². The highest BCUT2D eigenvalue weighted by Crippen LogP contribution is 2.26. The molecule has 0 atom stereocenters. The summed E-state index contributed by atoms with van der Waals surface area (Å²) in [6.07, 6.45) is 3.41. The van der Waals surface area contributed by atoms with Crippen LogP contribution in [-0.2, 0) is 0 Å². The first kappa shape index (κ1) is 11.9. The standard InChI is InChI=1S/C10H21N3S/c1-2-14-8-7-13(9-3-4-9)6-5-10(11)12/h9H,2-8H2,1H3,(H3,11,12). The molecular weight excluding hydrogens is 194 g/mol. The van der Waals surface area contributed by atoms with Crippen LogP contribution in [0, 0.1) is 5.41 Å². The van der Waals surface area contributed by atoms with Gasteiger partial charge in [-0.3, -0.25) is 10.3 Å². The van der Waals surface area contributed by atoms with E-state index in [1.165, 1.54) is 24.3 Å². The zero-order valence-electron chi connectivity index (χ0n) is 8.96. The first-order valence-electron chi connectivity index (χ1n) is 5.38. The molecule has 0 radical (unpaired) electrons. The number of hydrogen-bond acceptors (Lipinski definition) is 3. The highest BCUT2D eigenvalue weighted by Gasteiger charge is 2.28. The number of nitrogens with zero attached hydrogens (tertiary/aromatic N) is 1. The van der Waals surface area contributed by atoms with Gasteiger partial charge in [-0.2, -0.15) is 11.8 Å². The van der Waals surface area contributed by atoms with Gasteiger partial charge in [0.05, 0.1) is 5.84 Å². The van der Waals surface area contributed by atoms with E-state index in [4.69, 9.17) is 11.1 Å². The molecule has 3 nitrogen and oxygen atoms in total. The average molecular weight is 215 g/mol. The zero-order chi connectivity index (χ0) is 10.4. The fourth-order valence-electron chi connectivity index (χ4n) is 1.51. The third-order valence-electron chi connectivity index (χ3n) is 2.46. The van der Waals surface area contributed by atoms with Gasteiger partial charge in [-0.05, 0) is 18.6 Å². The Morgan fingerprint density at radius 3 is 2.71 bits per heavy atom. The van der Waals surface area contributed by atoms with Gasteiger partial charge in [-0.25, -0.2) is 0 Å². The topological polar surface area (TPSA) is 53.1 Å². The van der Waals surface area contributed by atoms with Crippen LogP contribution in [-0.4, -0.2) is 41.4 Å². The Labute approximate surface area is 90.9 Å². The molecule has 1 saturated carbocycles. The van der Waals surface area contributed by atoms with E-state index in [1.54, 1.807) is 0 Å². The molecule has 0 amide bonds. The van der Waals surface area contributed by atoms with Crippen LogP contribution >= 0.6 is 11.8 Å². The van der Waals surface area contributed by atoms with Crippen molar-refractivity contribution in [2.45, 2.75) is 32.2 Å². The normalized spacial score (nSPS) is 16.1. The molecule has 82 valence electrons. The molecule has 4 heteroatoms. The summed E-state index contributed by atoms with van der Waals surface area (Å²) in [6.45, 7) is 4.34. The van der Waals surface area contributed by atoms with E-state index < -0.39 is 0 Å². The van der Waals surface area contributed by atoms with Crippen LogP contribution in [0.3, 0.4) is 0 Å². The van der Waals surface area contributed by atoms with E-state index in [2.05, 4.69) is 11.8 Å². The Morgan fingerprint density at radius 1 is 1.50 bits per heavy atom. The predicted octanol–water partition coefficient (Wildman–Crippen LogP) is 1.53. The maximum absolute atomic E-state index is 7.21.